The van der Waals surface area contributed by atoms with E-state index in [0.29, 0.717) is 12.1 Å². The second-order valence-electron chi connectivity index (χ2n) is 6.92. The molecule has 25 heavy (non-hydrogen) atoms. The fraction of sp³-hybridized carbons (Fsp3) is 0.500. The van der Waals surface area contributed by atoms with Crippen molar-refractivity contribution in [2.75, 3.05) is 6.61 Å². The topological polar surface area (TPSA) is 67.2 Å². The van der Waals surface area contributed by atoms with Gasteiger partial charge < -0.3 is 10.4 Å². The first-order valence-electron chi connectivity index (χ1n) is 9.15. The van der Waals surface area contributed by atoms with Crippen molar-refractivity contribution in [1.29, 1.82) is 0 Å². The fourth-order valence-electron chi connectivity index (χ4n) is 3.65. The van der Waals surface area contributed by atoms with Crippen LogP contribution in [-0.2, 0) is 12.8 Å². The Balaban J connectivity index is 1.96. The van der Waals surface area contributed by atoms with Crippen molar-refractivity contribution >= 4 is 5.91 Å². The predicted octanol–water partition coefficient (Wildman–Crippen LogP) is 2.87. The highest BCUT2D eigenvalue weighted by molar-refractivity contribution is 5.94. The van der Waals surface area contributed by atoms with E-state index in [4.69, 9.17) is 5.11 Å². The van der Waals surface area contributed by atoms with Gasteiger partial charge in [-0.3, -0.25) is 4.79 Å². The summed E-state index contributed by atoms with van der Waals surface area (Å²) in [5, 5.41) is 16.9. The van der Waals surface area contributed by atoms with Crippen LogP contribution in [0.25, 0.3) is 5.69 Å². The molecule has 0 saturated carbocycles. The number of carbonyl (C=O) groups is 1. The second-order valence-corrected chi connectivity index (χ2v) is 6.92. The van der Waals surface area contributed by atoms with Gasteiger partial charge in [0.1, 0.15) is 0 Å². The molecule has 5 heteroatoms. The van der Waals surface area contributed by atoms with E-state index < -0.39 is 0 Å². The Bertz CT molecular complexity index is 779. The van der Waals surface area contributed by atoms with Gasteiger partial charge in [0.05, 0.1) is 5.69 Å². The predicted molar refractivity (Wildman–Crippen MR) is 98.3 cm³/mol. The minimum atomic E-state index is -0.123. The van der Waals surface area contributed by atoms with Gasteiger partial charge >= 0.3 is 0 Å². The molecule has 1 heterocycles. The third-order valence-electron chi connectivity index (χ3n) is 5.03. The first-order valence-corrected chi connectivity index (χ1v) is 9.15. The summed E-state index contributed by atoms with van der Waals surface area (Å²) in [4.78, 5) is 12.8. The lowest BCUT2D eigenvalue weighted by Crippen LogP contribution is -2.35. The fourth-order valence-corrected chi connectivity index (χ4v) is 3.65. The lowest BCUT2D eigenvalue weighted by Gasteiger charge is -2.15. The molecule has 1 amide bonds. The van der Waals surface area contributed by atoms with Crippen LogP contribution in [0.2, 0.25) is 0 Å². The summed E-state index contributed by atoms with van der Waals surface area (Å²) < 4.78 is 1.96. The Kier molecular flexibility index (Phi) is 5.23. The van der Waals surface area contributed by atoms with Crippen LogP contribution in [0, 0.1) is 13.8 Å². The maximum absolute atomic E-state index is 12.8. The van der Waals surface area contributed by atoms with Crippen molar-refractivity contribution in [2.45, 2.75) is 58.9 Å². The Morgan fingerprint density at radius 3 is 2.84 bits per heavy atom. The molecule has 2 aromatic rings. The molecule has 1 aliphatic carbocycles. The summed E-state index contributed by atoms with van der Waals surface area (Å²) in [6.07, 6.45) is 4.29. The van der Waals surface area contributed by atoms with Gasteiger partial charge in [-0.2, -0.15) is 5.10 Å². The van der Waals surface area contributed by atoms with E-state index in [1.54, 1.807) is 0 Å². The Morgan fingerprint density at radius 2 is 2.16 bits per heavy atom. The Morgan fingerprint density at radius 1 is 1.36 bits per heavy atom. The smallest absolute Gasteiger partial charge is 0.272 e. The van der Waals surface area contributed by atoms with E-state index in [-0.39, 0.29) is 18.6 Å². The summed E-state index contributed by atoms with van der Waals surface area (Å²) in [5.74, 6) is -0.123. The molecule has 0 spiro atoms. The highest BCUT2D eigenvalue weighted by Gasteiger charge is 2.28. The second kappa shape index (κ2) is 7.40. The first-order chi connectivity index (χ1) is 12.0. The number of carbonyl (C=O) groups excluding carboxylic acids is 1. The molecule has 1 aromatic carbocycles. The molecule has 0 bridgehead atoms. The molecule has 5 nitrogen and oxygen atoms in total. The van der Waals surface area contributed by atoms with Gasteiger partial charge in [0, 0.05) is 23.9 Å². The number of nitrogens with zero attached hydrogens (tertiary/aromatic N) is 2. The van der Waals surface area contributed by atoms with Gasteiger partial charge in [-0.15, -0.1) is 0 Å². The van der Waals surface area contributed by atoms with Crippen molar-refractivity contribution in [3.05, 3.63) is 46.3 Å². The number of hydrogen-bond donors (Lipinski definition) is 2. The van der Waals surface area contributed by atoms with Crippen LogP contribution in [0.5, 0.6) is 0 Å². The molecule has 1 aromatic heterocycles. The summed E-state index contributed by atoms with van der Waals surface area (Å²) >= 11 is 0. The average molecular weight is 341 g/mol. The number of aryl methyl sites for hydroxylation is 2. The van der Waals surface area contributed by atoms with Crippen molar-refractivity contribution < 1.29 is 9.90 Å². The van der Waals surface area contributed by atoms with Gasteiger partial charge in [0.2, 0.25) is 0 Å². The van der Waals surface area contributed by atoms with Crippen molar-refractivity contribution in [2.24, 2.45) is 0 Å². The van der Waals surface area contributed by atoms with Crippen LogP contribution in [0.3, 0.4) is 0 Å². The van der Waals surface area contributed by atoms with Crippen LogP contribution >= 0.6 is 0 Å². The summed E-state index contributed by atoms with van der Waals surface area (Å²) in [7, 11) is 0. The van der Waals surface area contributed by atoms with Crippen LogP contribution in [0.4, 0.5) is 0 Å². The number of hydrogen-bond acceptors (Lipinski definition) is 3. The summed E-state index contributed by atoms with van der Waals surface area (Å²) in [6, 6.07) is 6.30. The lowest BCUT2D eigenvalue weighted by atomic mass is 10.1. The first kappa shape index (κ1) is 17.7. The largest absolute Gasteiger partial charge is 0.396 e. The highest BCUT2D eigenvalue weighted by atomic mass is 16.3. The van der Waals surface area contributed by atoms with Gasteiger partial charge in [-0.25, -0.2) is 4.68 Å². The zero-order valence-electron chi connectivity index (χ0n) is 15.3. The van der Waals surface area contributed by atoms with E-state index in [9.17, 15) is 4.79 Å². The molecule has 1 atom stereocenters. The maximum atomic E-state index is 12.8. The Hall–Kier alpha value is -2.14. The normalized spacial score (nSPS) is 14.4. The van der Waals surface area contributed by atoms with Crippen LogP contribution < -0.4 is 5.32 Å². The molecule has 2 N–H and O–H groups in total. The molecule has 0 aliphatic heterocycles. The quantitative estimate of drug-likeness (QED) is 0.849. The van der Waals surface area contributed by atoms with E-state index in [1.165, 1.54) is 5.56 Å². The van der Waals surface area contributed by atoms with E-state index in [1.807, 2.05) is 11.6 Å². The van der Waals surface area contributed by atoms with E-state index in [0.717, 1.165) is 48.2 Å². The SMILES string of the molecule is CCC(CCO)NC(=O)c1nn(-c2ccc(C)cc2C)c2c1CCC2. The molecular weight excluding hydrogens is 314 g/mol. The third-order valence-corrected chi connectivity index (χ3v) is 5.03. The number of amides is 1. The van der Waals surface area contributed by atoms with Gasteiger partial charge in [-0.05, 0) is 57.6 Å². The van der Waals surface area contributed by atoms with Crippen LogP contribution in [0.15, 0.2) is 18.2 Å². The van der Waals surface area contributed by atoms with E-state index in [2.05, 4.69) is 42.5 Å². The monoisotopic (exact) mass is 341 g/mol. The summed E-state index contributed by atoms with van der Waals surface area (Å²) in [6.45, 7) is 6.25. The summed E-state index contributed by atoms with van der Waals surface area (Å²) in [5.41, 5.74) is 6.21. The highest BCUT2D eigenvalue weighted by Crippen LogP contribution is 2.29. The number of fused-ring (bicyclic) bond motifs is 1. The number of aliphatic hydroxyl groups is 1. The number of aliphatic hydroxyl groups excluding tert-OH is 1. The Labute approximate surface area is 149 Å². The van der Waals surface area contributed by atoms with E-state index >= 15 is 0 Å². The maximum Gasteiger partial charge on any atom is 0.272 e. The zero-order chi connectivity index (χ0) is 18.0. The van der Waals surface area contributed by atoms with Gasteiger partial charge in [0.15, 0.2) is 5.69 Å². The van der Waals surface area contributed by atoms with Crippen molar-refractivity contribution in [3.63, 3.8) is 0 Å². The number of rotatable bonds is 6. The molecule has 1 unspecified atom stereocenters. The van der Waals surface area contributed by atoms with Crippen LogP contribution in [-0.4, -0.2) is 33.4 Å². The lowest BCUT2D eigenvalue weighted by molar-refractivity contribution is 0.0922. The molecule has 0 fully saturated rings. The number of aromatic nitrogens is 2. The van der Waals surface area contributed by atoms with Gasteiger partial charge in [-0.1, -0.05) is 24.6 Å². The molecular formula is C20H27N3O2. The molecule has 134 valence electrons. The number of benzene rings is 1. The molecule has 1 aliphatic rings. The standard InChI is InChI=1S/C20H27N3O2/c1-4-15(10-11-24)21-20(25)19-16-6-5-7-18(16)23(22-19)17-9-8-13(2)12-14(17)3/h8-9,12,15,24H,4-7,10-11H2,1-3H3,(H,21,25). The average Bonchev–Trinajstić information content (AvgIpc) is 3.17. The minimum absolute atomic E-state index is 0.0131. The van der Waals surface area contributed by atoms with Crippen molar-refractivity contribution in [1.82, 2.24) is 15.1 Å². The molecule has 0 radical (unpaired) electrons. The zero-order valence-corrected chi connectivity index (χ0v) is 15.3. The molecule has 3 rings (SSSR count). The third kappa shape index (κ3) is 3.47. The van der Waals surface area contributed by atoms with Crippen LogP contribution in [0.1, 0.15) is 59.1 Å². The van der Waals surface area contributed by atoms with Gasteiger partial charge in [0.25, 0.3) is 5.91 Å². The number of nitrogens with one attached hydrogen (secondary N) is 1. The van der Waals surface area contributed by atoms with Crippen molar-refractivity contribution in [3.8, 4) is 5.69 Å². The minimum Gasteiger partial charge on any atom is -0.396 e. The molecule has 0 saturated heterocycles.